The van der Waals surface area contributed by atoms with Crippen LogP contribution in [0.4, 0.5) is 5.69 Å². The first-order chi connectivity index (χ1) is 17.2. The molecule has 2 aliphatic rings. The molecule has 0 saturated carbocycles. The van der Waals surface area contributed by atoms with Crippen molar-refractivity contribution in [2.24, 2.45) is 0 Å². The van der Waals surface area contributed by atoms with Crippen molar-refractivity contribution in [1.29, 1.82) is 0 Å². The zero-order valence-electron chi connectivity index (χ0n) is 19.9. The van der Waals surface area contributed by atoms with Crippen LogP contribution in [0.3, 0.4) is 0 Å². The highest BCUT2D eigenvalue weighted by molar-refractivity contribution is 7.99. The van der Waals surface area contributed by atoms with Crippen LogP contribution in [-0.4, -0.2) is 72.8 Å². The summed E-state index contributed by atoms with van der Waals surface area (Å²) in [6, 6.07) is 11.9. The molecule has 0 aliphatic carbocycles. The Hall–Kier alpha value is -2.85. The highest BCUT2D eigenvalue weighted by Crippen LogP contribution is 2.33. The largest absolute Gasteiger partial charge is 0.497 e. The Labute approximate surface area is 209 Å². The standard InChI is InChI=1S/C26H31N5O3S/c1-33-22-4-2-19-15-27-24(13-20(19)12-22)26(32)30-23-5-3-18(21-16-28-29-17-21)14-25(23)35-11-8-31-6-9-34-10-7-31/h2-5,12,14,16-17,24,27H,6-11,13,15H2,1H3,(H,28,29)(H,30,32)/t24-/m1/s1. The van der Waals surface area contributed by atoms with E-state index in [4.69, 9.17) is 9.47 Å². The van der Waals surface area contributed by atoms with Gasteiger partial charge in [-0.05, 0) is 47.4 Å². The maximum atomic E-state index is 13.3. The molecular weight excluding hydrogens is 462 g/mol. The molecule has 3 heterocycles. The number of carbonyl (C=O) groups is 1. The van der Waals surface area contributed by atoms with Crippen molar-refractivity contribution in [2.45, 2.75) is 23.9 Å². The molecule has 35 heavy (non-hydrogen) atoms. The van der Waals surface area contributed by atoms with Gasteiger partial charge in [-0.3, -0.25) is 14.8 Å². The molecule has 1 aromatic heterocycles. The van der Waals surface area contributed by atoms with E-state index in [9.17, 15) is 4.79 Å². The number of amides is 1. The van der Waals surface area contributed by atoms with Crippen molar-refractivity contribution < 1.29 is 14.3 Å². The monoisotopic (exact) mass is 493 g/mol. The number of fused-ring (bicyclic) bond motifs is 1. The lowest BCUT2D eigenvalue weighted by Gasteiger charge is -2.27. The number of H-pyrrole nitrogens is 1. The van der Waals surface area contributed by atoms with E-state index in [2.05, 4.69) is 37.9 Å². The Balaban J connectivity index is 1.29. The fourth-order valence-corrected chi connectivity index (χ4v) is 5.52. The molecule has 8 nitrogen and oxygen atoms in total. The van der Waals surface area contributed by atoms with Gasteiger partial charge in [0, 0.05) is 48.6 Å². The number of nitrogens with one attached hydrogen (secondary N) is 3. The van der Waals surface area contributed by atoms with Gasteiger partial charge in [0.05, 0.1) is 38.2 Å². The van der Waals surface area contributed by atoms with Crippen LogP contribution in [0.2, 0.25) is 0 Å². The minimum Gasteiger partial charge on any atom is -0.497 e. The van der Waals surface area contributed by atoms with Crippen molar-refractivity contribution in [2.75, 3.05) is 51.0 Å². The highest BCUT2D eigenvalue weighted by atomic mass is 32.2. The van der Waals surface area contributed by atoms with Gasteiger partial charge >= 0.3 is 0 Å². The molecule has 5 rings (SSSR count). The average Bonchev–Trinajstić information content (AvgIpc) is 3.44. The number of aromatic amines is 1. The van der Waals surface area contributed by atoms with Gasteiger partial charge < -0.3 is 20.1 Å². The molecule has 1 atom stereocenters. The first-order valence-electron chi connectivity index (χ1n) is 12.0. The van der Waals surface area contributed by atoms with E-state index in [-0.39, 0.29) is 11.9 Å². The van der Waals surface area contributed by atoms with Crippen molar-refractivity contribution >= 4 is 23.4 Å². The third kappa shape index (κ3) is 5.87. The quantitative estimate of drug-likeness (QED) is 0.415. The third-order valence-electron chi connectivity index (χ3n) is 6.53. The van der Waals surface area contributed by atoms with Gasteiger partial charge in [-0.25, -0.2) is 0 Å². The predicted molar refractivity (Wildman–Crippen MR) is 138 cm³/mol. The first-order valence-corrected chi connectivity index (χ1v) is 12.9. The minimum absolute atomic E-state index is 0.0236. The van der Waals surface area contributed by atoms with E-state index < -0.39 is 0 Å². The second-order valence-corrected chi connectivity index (χ2v) is 9.90. The second-order valence-electron chi connectivity index (χ2n) is 8.76. The Bertz CT molecular complexity index is 1150. The number of morpholine rings is 1. The van der Waals surface area contributed by atoms with Gasteiger partial charge in [-0.1, -0.05) is 12.1 Å². The summed E-state index contributed by atoms with van der Waals surface area (Å²) in [6.45, 7) is 5.19. The molecule has 2 aromatic carbocycles. The molecule has 184 valence electrons. The van der Waals surface area contributed by atoms with Crippen molar-refractivity contribution in [3.05, 3.63) is 59.9 Å². The summed E-state index contributed by atoms with van der Waals surface area (Å²) < 4.78 is 10.8. The van der Waals surface area contributed by atoms with Crippen LogP contribution in [0.1, 0.15) is 11.1 Å². The van der Waals surface area contributed by atoms with E-state index >= 15 is 0 Å². The zero-order valence-corrected chi connectivity index (χ0v) is 20.7. The van der Waals surface area contributed by atoms with E-state index in [1.807, 2.05) is 36.7 Å². The van der Waals surface area contributed by atoms with Gasteiger partial charge in [-0.2, -0.15) is 5.10 Å². The van der Waals surface area contributed by atoms with Crippen LogP contribution < -0.4 is 15.4 Å². The van der Waals surface area contributed by atoms with E-state index in [0.717, 1.165) is 71.6 Å². The maximum Gasteiger partial charge on any atom is 0.241 e. The molecule has 1 saturated heterocycles. The smallest absolute Gasteiger partial charge is 0.241 e. The van der Waals surface area contributed by atoms with Gasteiger partial charge in [0.25, 0.3) is 0 Å². The van der Waals surface area contributed by atoms with Crippen LogP contribution in [0.25, 0.3) is 11.1 Å². The van der Waals surface area contributed by atoms with Crippen LogP contribution in [0.5, 0.6) is 5.75 Å². The van der Waals surface area contributed by atoms with Gasteiger partial charge in [0.2, 0.25) is 5.91 Å². The summed E-state index contributed by atoms with van der Waals surface area (Å²) in [5.74, 6) is 1.73. The number of methoxy groups -OCH3 is 1. The fraction of sp³-hybridized carbons (Fsp3) is 0.385. The Morgan fingerprint density at radius 3 is 2.89 bits per heavy atom. The summed E-state index contributed by atoms with van der Waals surface area (Å²) in [7, 11) is 1.67. The topological polar surface area (TPSA) is 91.5 Å². The number of anilines is 1. The number of hydrogen-bond acceptors (Lipinski definition) is 7. The number of hydrogen-bond donors (Lipinski definition) is 3. The number of rotatable bonds is 8. The molecule has 0 unspecified atom stereocenters. The van der Waals surface area contributed by atoms with Crippen molar-refractivity contribution in [1.82, 2.24) is 20.4 Å². The number of aromatic nitrogens is 2. The van der Waals surface area contributed by atoms with Crippen LogP contribution in [0, 0.1) is 0 Å². The SMILES string of the molecule is COc1ccc2c(c1)C[C@H](C(=O)Nc1ccc(-c3cn[nH]c3)cc1SCCN1CCOCC1)NC2. The molecule has 2 aliphatic heterocycles. The number of thioether (sulfide) groups is 1. The second kappa shape index (κ2) is 11.3. The molecule has 3 aromatic rings. The fourth-order valence-electron chi connectivity index (χ4n) is 4.47. The molecule has 1 fully saturated rings. The van der Waals surface area contributed by atoms with Crippen LogP contribution in [-0.2, 0) is 22.5 Å². The van der Waals surface area contributed by atoms with Gasteiger partial charge in [0.15, 0.2) is 0 Å². The van der Waals surface area contributed by atoms with E-state index in [0.29, 0.717) is 13.0 Å². The number of ether oxygens (including phenoxy) is 2. The Morgan fingerprint density at radius 1 is 1.20 bits per heavy atom. The van der Waals surface area contributed by atoms with Gasteiger partial charge in [-0.15, -0.1) is 11.8 Å². The molecule has 0 bridgehead atoms. The summed E-state index contributed by atoms with van der Waals surface area (Å²) >= 11 is 1.77. The maximum absolute atomic E-state index is 13.3. The lowest BCUT2D eigenvalue weighted by molar-refractivity contribution is -0.118. The Kier molecular flexibility index (Phi) is 7.68. The zero-order chi connectivity index (χ0) is 24.0. The van der Waals surface area contributed by atoms with Crippen molar-refractivity contribution in [3.8, 4) is 16.9 Å². The molecule has 0 radical (unpaired) electrons. The highest BCUT2D eigenvalue weighted by Gasteiger charge is 2.25. The minimum atomic E-state index is -0.297. The third-order valence-corrected chi connectivity index (χ3v) is 7.57. The molecule has 3 N–H and O–H groups in total. The molecule has 9 heteroatoms. The average molecular weight is 494 g/mol. The van der Waals surface area contributed by atoms with Crippen molar-refractivity contribution in [3.63, 3.8) is 0 Å². The number of nitrogens with zero attached hydrogens (tertiary/aromatic N) is 2. The molecular formula is C26H31N5O3S. The Morgan fingerprint density at radius 2 is 2.09 bits per heavy atom. The summed E-state index contributed by atoms with van der Waals surface area (Å²) in [6.07, 6.45) is 4.33. The number of carbonyl (C=O) groups excluding carboxylic acids is 1. The van der Waals surface area contributed by atoms with E-state index in [1.54, 1.807) is 18.9 Å². The molecule has 1 amide bonds. The van der Waals surface area contributed by atoms with Crippen LogP contribution >= 0.6 is 11.8 Å². The lowest BCUT2D eigenvalue weighted by Crippen LogP contribution is -2.44. The summed E-state index contributed by atoms with van der Waals surface area (Å²) in [5.41, 5.74) is 5.30. The molecule has 0 spiro atoms. The van der Waals surface area contributed by atoms with E-state index in [1.165, 1.54) is 5.56 Å². The van der Waals surface area contributed by atoms with Gasteiger partial charge in [0.1, 0.15) is 5.75 Å². The summed E-state index contributed by atoms with van der Waals surface area (Å²) in [4.78, 5) is 16.7. The van der Waals surface area contributed by atoms with Crippen LogP contribution in [0.15, 0.2) is 53.7 Å². The first kappa shape index (κ1) is 23.9. The predicted octanol–water partition coefficient (Wildman–Crippen LogP) is 3.16. The normalized spacial score (nSPS) is 18.1. The number of benzene rings is 2. The lowest BCUT2D eigenvalue weighted by atomic mass is 9.95. The summed E-state index contributed by atoms with van der Waals surface area (Å²) in [5, 5.41) is 13.5.